The third kappa shape index (κ3) is 1.77. The maximum Gasteiger partial charge on any atom is 0.267 e. The first-order chi connectivity index (χ1) is 6.06. The summed E-state index contributed by atoms with van der Waals surface area (Å²) in [6.07, 6.45) is 1.65. The third-order valence-corrected chi connectivity index (χ3v) is 1.87. The van der Waals surface area contributed by atoms with E-state index in [2.05, 4.69) is 5.32 Å². The first kappa shape index (κ1) is 9.51. The second-order valence-corrected chi connectivity index (χ2v) is 2.86. The molecule has 1 aromatic heterocycles. The van der Waals surface area contributed by atoms with E-state index in [1.165, 1.54) is 6.92 Å². The van der Waals surface area contributed by atoms with E-state index < -0.39 is 0 Å². The van der Waals surface area contributed by atoms with Crippen molar-refractivity contribution in [1.82, 2.24) is 9.88 Å². The molecule has 0 atom stereocenters. The molecule has 13 heavy (non-hydrogen) atoms. The maximum atomic E-state index is 11.2. The van der Waals surface area contributed by atoms with E-state index in [-0.39, 0.29) is 11.7 Å². The van der Waals surface area contributed by atoms with Crippen molar-refractivity contribution >= 4 is 11.7 Å². The maximum absolute atomic E-state index is 11.2. The van der Waals surface area contributed by atoms with Crippen molar-refractivity contribution in [3.8, 4) is 0 Å². The van der Waals surface area contributed by atoms with Gasteiger partial charge in [0.2, 0.25) is 0 Å². The molecule has 1 heterocycles. The SMILES string of the molecule is CNC(=O)c1cc(C(C)=O)cn1C. The molecule has 0 aliphatic heterocycles. The number of hydrogen-bond acceptors (Lipinski definition) is 2. The van der Waals surface area contributed by atoms with E-state index >= 15 is 0 Å². The van der Waals surface area contributed by atoms with E-state index in [0.29, 0.717) is 11.3 Å². The van der Waals surface area contributed by atoms with Crippen LogP contribution in [0.4, 0.5) is 0 Å². The predicted molar refractivity (Wildman–Crippen MR) is 48.8 cm³/mol. The summed E-state index contributed by atoms with van der Waals surface area (Å²) in [7, 11) is 3.29. The Bertz CT molecular complexity index is 352. The summed E-state index contributed by atoms with van der Waals surface area (Å²) in [4.78, 5) is 22.2. The highest BCUT2D eigenvalue weighted by atomic mass is 16.2. The lowest BCUT2D eigenvalue weighted by Crippen LogP contribution is -2.20. The molecule has 4 heteroatoms. The molecule has 0 fully saturated rings. The van der Waals surface area contributed by atoms with Gasteiger partial charge in [-0.3, -0.25) is 9.59 Å². The van der Waals surface area contributed by atoms with Gasteiger partial charge in [0.15, 0.2) is 5.78 Å². The van der Waals surface area contributed by atoms with Gasteiger partial charge in [-0.2, -0.15) is 0 Å². The summed E-state index contributed by atoms with van der Waals surface area (Å²) in [6.45, 7) is 1.48. The largest absolute Gasteiger partial charge is 0.354 e. The summed E-state index contributed by atoms with van der Waals surface area (Å²) in [5, 5.41) is 2.50. The second kappa shape index (κ2) is 3.43. The van der Waals surface area contributed by atoms with Crippen LogP contribution in [0.5, 0.6) is 0 Å². The van der Waals surface area contributed by atoms with Gasteiger partial charge in [-0.05, 0) is 13.0 Å². The van der Waals surface area contributed by atoms with Gasteiger partial charge in [-0.25, -0.2) is 0 Å². The quantitative estimate of drug-likeness (QED) is 0.677. The Morgan fingerprint density at radius 3 is 2.46 bits per heavy atom. The van der Waals surface area contributed by atoms with Crippen LogP contribution in [-0.2, 0) is 7.05 Å². The van der Waals surface area contributed by atoms with Gasteiger partial charge in [0.1, 0.15) is 5.69 Å². The van der Waals surface area contributed by atoms with Gasteiger partial charge in [0, 0.05) is 25.9 Å². The highest BCUT2D eigenvalue weighted by Gasteiger charge is 2.11. The molecule has 1 amide bonds. The van der Waals surface area contributed by atoms with Gasteiger partial charge in [0.25, 0.3) is 5.91 Å². The van der Waals surface area contributed by atoms with Crippen molar-refractivity contribution < 1.29 is 9.59 Å². The zero-order valence-corrected chi connectivity index (χ0v) is 7.92. The standard InChI is InChI=1S/C9H12N2O2/c1-6(12)7-4-8(9(13)10-2)11(3)5-7/h4-5H,1-3H3,(H,10,13). The molecular formula is C9H12N2O2. The molecule has 0 aromatic carbocycles. The van der Waals surface area contributed by atoms with Crippen LogP contribution in [0.2, 0.25) is 0 Å². The van der Waals surface area contributed by atoms with Gasteiger partial charge in [-0.1, -0.05) is 0 Å². The Hall–Kier alpha value is -1.58. The highest BCUT2D eigenvalue weighted by molar-refractivity contribution is 5.99. The van der Waals surface area contributed by atoms with Crippen molar-refractivity contribution in [2.45, 2.75) is 6.92 Å². The van der Waals surface area contributed by atoms with Crippen LogP contribution in [0.3, 0.4) is 0 Å². The molecule has 1 aromatic rings. The van der Waals surface area contributed by atoms with Crippen molar-refractivity contribution in [2.75, 3.05) is 7.05 Å². The molecule has 0 saturated carbocycles. The van der Waals surface area contributed by atoms with Gasteiger partial charge in [0.05, 0.1) is 0 Å². The Labute approximate surface area is 76.5 Å². The smallest absolute Gasteiger partial charge is 0.267 e. The molecule has 0 aliphatic rings. The summed E-state index contributed by atoms with van der Waals surface area (Å²) in [6, 6.07) is 1.58. The number of hydrogen-bond donors (Lipinski definition) is 1. The normalized spacial score (nSPS) is 9.77. The van der Waals surface area contributed by atoms with Crippen LogP contribution >= 0.6 is 0 Å². The Morgan fingerprint density at radius 1 is 1.46 bits per heavy atom. The Balaban J connectivity index is 3.10. The number of nitrogens with zero attached hydrogens (tertiary/aromatic N) is 1. The number of nitrogens with one attached hydrogen (secondary N) is 1. The van der Waals surface area contributed by atoms with E-state index in [4.69, 9.17) is 0 Å². The van der Waals surface area contributed by atoms with Crippen molar-refractivity contribution in [1.29, 1.82) is 0 Å². The summed E-state index contributed by atoms with van der Waals surface area (Å²) in [5.74, 6) is -0.222. The molecule has 0 aliphatic carbocycles. The van der Waals surface area contributed by atoms with Crippen LogP contribution < -0.4 is 5.32 Å². The minimum Gasteiger partial charge on any atom is -0.354 e. The number of carbonyl (C=O) groups excluding carboxylic acids is 2. The molecule has 0 spiro atoms. The number of ketones is 1. The molecular weight excluding hydrogens is 168 g/mol. The lowest BCUT2D eigenvalue weighted by molar-refractivity contribution is 0.0954. The van der Waals surface area contributed by atoms with Gasteiger partial charge >= 0.3 is 0 Å². The summed E-state index contributed by atoms with van der Waals surface area (Å²) in [5.41, 5.74) is 1.05. The predicted octanol–water partition coefficient (Wildman–Crippen LogP) is 0.587. The second-order valence-electron chi connectivity index (χ2n) is 2.86. The number of aromatic nitrogens is 1. The molecule has 0 unspecified atom stereocenters. The van der Waals surface area contributed by atoms with Crippen LogP contribution in [0.15, 0.2) is 12.3 Å². The molecule has 0 bridgehead atoms. The molecule has 1 N–H and O–H groups in total. The number of rotatable bonds is 2. The third-order valence-electron chi connectivity index (χ3n) is 1.87. The van der Waals surface area contributed by atoms with Gasteiger partial charge in [-0.15, -0.1) is 0 Å². The molecule has 0 saturated heterocycles. The number of aryl methyl sites for hydroxylation is 1. The molecule has 4 nitrogen and oxygen atoms in total. The fourth-order valence-corrected chi connectivity index (χ4v) is 1.11. The van der Waals surface area contributed by atoms with Crippen molar-refractivity contribution in [3.05, 3.63) is 23.5 Å². The van der Waals surface area contributed by atoms with E-state index in [1.54, 1.807) is 30.9 Å². The van der Waals surface area contributed by atoms with Crippen LogP contribution in [0.1, 0.15) is 27.8 Å². The lowest BCUT2D eigenvalue weighted by Gasteiger charge is -1.99. The van der Waals surface area contributed by atoms with E-state index in [0.717, 1.165) is 0 Å². The zero-order chi connectivity index (χ0) is 10.0. The highest BCUT2D eigenvalue weighted by Crippen LogP contribution is 2.07. The topological polar surface area (TPSA) is 51.1 Å². The first-order valence-corrected chi connectivity index (χ1v) is 3.95. The average molecular weight is 180 g/mol. The lowest BCUT2D eigenvalue weighted by atomic mass is 10.2. The molecule has 1 rings (SSSR count). The summed E-state index contributed by atoms with van der Waals surface area (Å²) >= 11 is 0. The van der Waals surface area contributed by atoms with Crippen molar-refractivity contribution in [2.24, 2.45) is 7.05 Å². The average Bonchev–Trinajstić information content (AvgIpc) is 2.46. The number of carbonyl (C=O) groups is 2. The Kier molecular flexibility index (Phi) is 2.51. The number of amides is 1. The van der Waals surface area contributed by atoms with Crippen LogP contribution in [-0.4, -0.2) is 23.3 Å². The monoisotopic (exact) mass is 180 g/mol. The van der Waals surface area contributed by atoms with Gasteiger partial charge < -0.3 is 9.88 Å². The van der Waals surface area contributed by atoms with Crippen LogP contribution in [0, 0.1) is 0 Å². The Morgan fingerprint density at radius 2 is 2.08 bits per heavy atom. The first-order valence-electron chi connectivity index (χ1n) is 3.95. The minimum absolute atomic E-state index is 0.0363. The van der Waals surface area contributed by atoms with Crippen LogP contribution in [0.25, 0.3) is 0 Å². The van der Waals surface area contributed by atoms with E-state index in [1.807, 2.05) is 0 Å². The molecule has 0 radical (unpaired) electrons. The molecule has 70 valence electrons. The zero-order valence-electron chi connectivity index (χ0n) is 7.92. The fraction of sp³-hybridized carbons (Fsp3) is 0.333. The van der Waals surface area contributed by atoms with Crippen molar-refractivity contribution in [3.63, 3.8) is 0 Å². The van der Waals surface area contributed by atoms with E-state index in [9.17, 15) is 9.59 Å². The minimum atomic E-state index is -0.185. The number of Topliss-reactive ketones (excluding diaryl/α,β-unsaturated/α-hetero) is 1. The fourth-order valence-electron chi connectivity index (χ4n) is 1.11. The summed E-state index contributed by atoms with van der Waals surface area (Å²) < 4.78 is 1.63.